The number of carbonyl (C=O) groups excluding carboxylic acids is 1. The summed E-state index contributed by atoms with van der Waals surface area (Å²) in [4.78, 5) is 12.6. The minimum atomic E-state index is -0.310. The quantitative estimate of drug-likeness (QED) is 0.445. The summed E-state index contributed by atoms with van der Waals surface area (Å²) in [7, 11) is 0. The Hall–Kier alpha value is -2.47. The number of aromatic nitrogens is 3. The molecule has 0 spiro atoms. The van der Waals surface area contributed by atoms with Crippen LogP contribution in [-0.4, -0.2) is 26.3 Å². The van der Waals surface area contributed by atoms with Gasteiger partial charge in [0.1, 0.15) is 5.82 Å². The fourth-order valence-corrected chi connectivity index (χ4v) is 4.09. The van der Waals surface area contributed by atoms with Crippen LogP contribution in [0, 0.1) is 19.7 Å². The minimum absolute atomic E-state index is 0.0651. The second-order valence-electron chi connectivity index (χ2n) is 6.92. The molecule has 4 rings (SSSR count). The molecule has 4 nitrogen and oxygen atoms in total. The van der Waals surface area contributed by atoms with E-state index in [1.165, 1.54) is 17.8 Å². The van der Waals surface area contributed by atoms with Crippen LogP contribution < -0.4 is 0 Å². The molecule has 1 aromatic heterocycles. The summed E-state index contributed by atoms with van der Waals surface area (Å²) in [6, 6.07) is 12.7. The number of nitrogens with zero attached hydrogens (tertiary/aromatic N) is 3. The van der Waals surface area contributed by atoms with E-state index in [0.29, 0.717) is 16.5 Å². The number of aryl methyl sites for hydroxylation is 2. The molecular formula is C21H20FN3OS. The number of hydrogen-bond donors (Lipinski definition) is 0. The first kappa shape index (κ1) is 17.9. The molecular weight excluding hydrogens is 361 g/mol. The number of benzene rings is 2. The molecule has 1 heterocycles. The van der Waals surface area contributed by atoms with Gasteiger partial charge in [0, 0.05) is 11.6 Å². The number of Topliss-reactive ketones (excluding diaryl/α,β-unsaturated/α-hetero) is 1. The van der Waals surface area contributed by atoms with Crippen molar-refractivity contribution in [1.82, 2.24) is 14.8 Å². The molecule has 1 aliphatic rings. The lowest BCUT2D eigenvalue weighted by atomic mass is 10.0. The predicted octanol–water partition coefficient (Wildman–Crippen LogP) is 5.01. The molecule has 1 fully saturated rings. The third-order valence-corrected chi connectivity index (χ3v) is 5.65. The van der Waals surface area contributed by atoms with E-state index in [1.807, 2.05) is 36.6 Å². The molecule has 0 bridgehead atoms. The van der Waals surface area contributed by atoms with E-state index in [0.717, 1.165) is 29.5 Å². The molecule has 2 aromatic carbocycles. The average Bonchev–Trinajstić information content (AvgIpc) is 3.40. The molecule has 27 heavy (non-hydrogen) atoms. The van der Waals surface area contributed by atoms with E-state index in [1.54, 1.807) is 18.2 Å². The van der Waals surface area contributed by atoms with Crippen LogP contribution in [0.1, 0.15) is 40.4 Å². The first-order valence-corrected chi connectivity index (χ1v) is 9.96. The Morgan fingerprint density at radius 2 is 1.96 bits per heavy atom. The van der Waals surface area contributed by atoms with Gasteiger partial charge in [0.05, 0.1) is 11.3 Å². The zero-order valence-electron chi connectivity index (χ0n) is 15.3. The number of ketones is 1. The summed E-state index contributed by atoms with van der Waals surface area (Å²) in [6.45, 7) is 3.96. The second-order valence-corrected chi connectivity index (χ2v) is 7.86. The van der Waals surface area contributed by atoms with Gasteiger partial charge in [0.25, 0.3) is 0 Å². The van der Waals surface area contributed by atoms with Crippen molar-refractivity contribution in [2.75, 3.05) is 5.75 Å². The van der Waals surface area contributed by atoms with Crippen LogP contribution in [0.5, 0.6) is 0 Å². The zero-order valence-corrected chi connectivity index (χ0v) is 16.1. The Labute approximate surface area is 161 Å². The van der Waals surface area contributed by atoms with Gasteiger partial charge in [-0.05, 0) is 44.4 Å². The molecule has 138 valence electrons. The maximum Gasteiger partial charge on any atom is 0.192 e. The number of carbonyl (C=O) groups is 1. The molecule has 0 atom stereocenters. The van der Waals surface area contributed by atoms with Gasteiger partial charge in [-0.1, -0.05) is 47.7 Å². The van der Waals surface area contributed by atoms with Gasteiger partial charge in [-0.2, -0.15) is 0 Å². The van der Waals surface area contributed by atoms with Crippen molar-refractivity contribution in [3.63, 3.8) is 0 Å². The van der Waals surface area contributed by atoms with Crippen molar-refractivity contribution in [2.24, 2.45) is 0 Å². The number of halogens is 1. The molecule has 0 saturated heterocycles. The van der Waals surface area contributed by atoms with E-state index in [9.17, 15) is 9.18 Å². The SMILES string of the molecule is Cc1ccc(C(=O)CSc2nnc(-c3ccccc3F)n2C2CC2)c(C)c1. The normalized spacial score (nSPS) is 13.7. The Kier molecular flexibility index (Phi) is 4.83. The van der Waals surface area contributed by atoms with Gasteiger partial charge < -0.3 is 0 Å². The lowest BCUT2D eigenvalue weighted by Crippen LogP contribution is -2.07. The highest BCUT2D eigenvalue weighted by atomic mass is 32.2. The molecule has 0 N–H and O–H groups in total. The van der Waals surface area contributed by atoms with Crippen molar-refractivity contribution in [2.45, 2.75) is 37.9 Å². The number of rotatable bonds is 6. The van der Waals surface area contributed by atoms with Gasteiger partial charge in [-0.15, -0.1) is 10.2 Å². The fraction of sp³-hybridized carbons (Fsp3) is 0.286. The van der Waals surface area contributed by atoms with E-state index in [-0.39, 0.29) is 23.4 Å². The third-order valence-electron chi connectivity index (χ3n) is 4.71. The van der Waals surface area contributed by atoms with E-state index < -0.39 is 0 Å². The standard InChI is InChI=1S/C21H20FN3OS/c1-13-7-10-16(14(2)11-13)19(26)12-27-21-24-23-20(25(21)15-8-9-15)17-5-3-4-6-18(17)22/h3-7,10-11,15H,8-9,12H2,1-2H3. The van der Waals surface area contributed by atoms with Gasteiger partial charge >= 0.3 is 0 Å². The molecule has 0 aliphatic heterocycles. The maximum absolute atomic E-state index is 14.2. The van der Waals surface area contributed by atoms with Gasteiger partial charge in [0.15, 0.2) is 16.8 Å². The van der Waals surface area contributed by atoms with Crippen molar-refractivity contribution in [1.29, 1.82) is 0 Å². The Bertz CT molecular complexity index is 1010. The first-order chi connectivity index (χ1) is 13.0. The average molecular weight is 381 g/mol. The van der Waals surface area contributed by atoms with Crippen LogP contribution in [0.3, 0.4) is 0 Å². The number of thioether (sulfide) groups is 1. The van der Waals surface area contributed by atoms with Crippen molar-refractivity contribution in [3.05, 3.63) is 65.0 Å². The molecule has 0 amide bonds. The Morgan fingerprint density at radius 3 is 2.67 bits per heavy atom. The maximum atomic E-state index is 14.2. The summed E-state index contributed by atoms with van der Waals surface area (Å²) < 4.78 is 16.2. The molecule has 0 unspecified atom stereocenters. The van der Waals surface area contributed by atoms with Gasteiger partial charge in [-0.3, -0.25) is 9.36 Å². The van der Waals surface area contributed by atoms with Crippen LogP contribution in [0.15, 0.2) is 47.6 Å². The van der Waals surface area contributed by atoms with Crippen molar-refractivity contribution in [3.8, 4) is 11.4 Å². The van der Waals surface area contributed by atoms with Crippen molar-refractivity contribution >= 4 is 17.5 Å². The van der Waals surface area contributed by atoms with Gasteiger partial charge in [-0.25, -0.2) is 4.39 Å². The largest absolute Gasteiger partial charge is 0.299 e. The van der Waals surface area contributed by atoms with E-state index in [2.05, 4.69) is 10.2 Å². The fourth-order valence-electron chi connectivity index (χ4n) is 3.20. The summed E-state index contributed by atoms with van der Waals surface area (Å²) in [6.07, 6.45) is 2.05. The van der Waals surface area contributed by atoms with Crippen LogP contribution in [0.25, 0.3) is 11.4 Å². The molecule has 1 saturated carbocycles. The molecule has 1 aliphatic carbocycles. The highest BCUT2D eigenvalue weighted by molar-refractivity contribution is 7.99. The molecule has 3 aromatic rings. The number of hydrogen-bond acceptors (Lipinski definition) is 4. The van der Waals surface area contributed by atoms with Crippen LogP contribution in [0.2, 0.25) is 0 Å². The Morgan fingerprint density at radius 1 is 1.19 bits per heavy atom. The molecule has 6 heteroatoms. The van der Waals surface area contributed by atoms with Crippen LogP contribution in [-0.2, 0) is 0 Å². The van der Waals surface area contributed by atoms with Crippen LogP contribution >= 0.6 is 11.8 Å². The lowest BCUT2D eigenvalue weighted by molar-refractivity contribution is 0.102. The summed E-state index contributed by atoms with van der Waals surface area (Å²) >= 11 is 1.37. The van der Waals surface area contributed by atoms with Crippen molar-refractivity contribution < 1.29 is 9.18 Å². The smallest absolute Gasteiger partial charge is 0.192 e. The highest BCUT2D eigenvalue weighted by Gasteiger charge is 2.31. The minimum Gasteiger partial charge on any atom is -0.299 e. The summed E-state index contributed by atoms with van der Waals surface area (Å²) in [5.74, 6) is 0.577. The second kappa shape index (κ2) is 7.27. The zero-order chi connectivity index (χ0) is 19.0. The lowest BCUT2D eigenvalue weighted by Gasteiger charge is -2.10. The Balaban J connectivity index is 1.58. The third kappa shape index (κ3) is 3.67. The van der Waals surface area contributed by atoms with E-state index in [4.69, 9.17) is 0 Å². The monoisotopic (exact) mass is 381 g/mol. The van der Waals surface area contributed by atoms with E-state index >= 15 is 0 Å². The summed E-state index contributed by atoms with van der Waals surface area (Å²) in [5, 5.41) is 9.16. The predicted molar refractivity (Wildman–Crippen MR) is 105 cm³/mol. The summed E-state index contributed by atoms with van der Waals surface area (Å²) in [5.41, 5.74) is 3.31. The highest BCUT2D eigenvalue weighted by Crippen LogP contribution is 2.41. The first-order valence-electron chi connectivity index (χ1n) is 8.97. The van der Waals surface area contributed by atoms with Gasteiger partial charge in [0.2, 0.25) is 0 Å². The molecule has 0 radical (unpaired) electrons. The van der Waals surface area contributed by atoms with Crippen LogP contribution in [0.4, 0.5) is 4.39 Å². The topological polar surface area (TPSA) is 47.8 Å².